The lowest BCUT2D eigenvalue weighted by atomic mass is 10.2. The topological polar surface area (TPSA) is 78.9 Å². The highest BCUT2D eigenvalue weighted by Gasteiger charge is 2.32. The van der Waals surface area contributed by atoms with Crippen LogP contribution in [-0.2, 0) is 14.3 Å². The number of esters is 1. The van der Waals surface area contributed by atoms with Crippen LogP contribution in [-0.4, -0.2) is 60.3 Å². The van der Waals surface area contributed by atoms with Gasteiger partial charge in [-0.1, -0.05) is 0 Å². The second-order valence-electron chi connectivity index (χ2n) is 3.87. The quantitative estimate of drug-likeness (QED) is 0.589. The van der Waals surface area contributed by atoms with Crippen molar-refractivity contribution in [2.24, 2.45) is 0 Å². The number of carbonyl (C=O) groups excluding carboxylic acids is 2. The van der Waals surface area contributed by atoms with E-state index in [-0.39, 0.29) is 24.5 Å². The number of hydrogen-bond donors (Lipinski definition) is 2. The number of aliphatic hydroxyl groups is 1. The molecule has 1 amide bonds. The van der Waals surface area contributed by atoms with Gasteiger partial charge in [0.2, 0.25) is 5.91 Å². The molecule has 0 spiro atoms. The van der Waals surface area contributed by atoms with Gasteiger partial charge in [0, 0.05) is 20.0 Å². The van der Waals surface area contributed by atoms with E-state index in [2.05, 4.69) is 5.32 Å². The molecule has 6 nitrogen and oxygen atoms in total. The fraction of sp³-hybridized carbons (Fsp3) is 0.800. The van der Waals surface area contributed by atoms with Crippen molar-refractivity contribution in [3.05, 3.63) is 0 Å². The number of aliphatic hydroxyl groups excluding tert-OH is 1. The molecule has 1 aliphatic rings. The van der Waals surface area contributed by atoms with E-state index in [9.17, 15) is 14.7 Å². The molecule has 1 heterocycles. The van der Waals surface area contributed by atoms with E-state index in [1.54, 1.807) is 11.8 Å². The third kappa shape index (κ3) is 3.79. The number of β-amino-alcohol motifs (C(OH)–C–C–N with tert-alkyl or cyclic N) is 1. The molecule has 0 aliphatic carbocycles. The first-order chi connectivity index (χ1) is 7.52. The van der Waals surface area contributed by atoms with Crippen molar-refractivity contribution >= 4 is 11.9 Å². The zero-order valence-corrected chi connectivity index (χ0v) is 9.60. The van der Waals surface area contributed by atoms with Gasteiger partial charge < -0.3 is 15.2 Å². The Morgan fingerprint density at radius 3 is 2.75 bits per heavy atom. The zero-order chi connectivity index (χ0) is 12.1. The third-order valence-corrected chi connectivity index (χ3v) is 2.41. The summed E-state index contributed by atoms with van der Waals surface area (Å²) in [6, 6.07) is -0.299. The van der Waals surface area contributed by atoms with Crippen LogP contribution in [0.1, 0.15) is 13.8 Å². The van der Waals surface area contributed by atoms with E-state index >= 15 is 0 Å². The third-order valence-electron chi connectivity index (χ3n) is 2.41. The molecule has 0 aromatic rings. The Morgan fingerprint density at radius 1 is 1.50 bits per heavy atom. The standard InChI is InChI=1S/C10H18N2O4/c1-3-16-10(15)6-12-4-8(9(14)5-12)11-7(2)13/h8-9,14H,3-6H2,1-2H3,(H,11,13)/t8-,9-/m0/s1. The fourth-order valence-electron chi connectivity index (χ4n) is 1.79. The number of carbonyl (C=O) groups is 2. The molecule has 0 aromatic heterocycles. The lowest BCUT2D eigenvalue weighted by Gasteiger charge is -2.14. The summed E-state index contributed by atoms with van der Waals surface area (Å²) in [7, 11) is 0. The second kappa shape index (κ2) is 5.81. The first-order valence-corrected chi connectivity index (χ1v) is 5.36. The summed E-state index contributed by atoms with van der Waals surface area (Å²) in [5.74, 6) is -0.486. The van der Waals surface area contributed by atoms with E-state index in [1.165, 1.54) is 6.92 Å². The average molecular weight is 230 g/mol. The molecular weight excluding hydrogens is 212 g/mol. The van der Waals surface area contributed by atoms with Gasteiger partial charge in [-0.15, -0.1) is 0 Å². The highest BCUT2D eigenvalue weighted by atomic mass is 16.5. The molecular formula is C10H18N2O4. The highest BCUT2D eigenvalue weighted by molar-refractivity contribution is 5.73. The number of ether oxygens (including phenoxy) is 1. The van der Waals surface area contributed by atoms with Crippen molar-refractivity contribution in [2.75, 3.05) is 26.2 Å². The maximum Gasteiger partial charge on any atom is 0.320 e. The average Bonchev–Trinajstić information content (AvgIpc) is 2.45. The maximum absolute atomic E-state index is 11.2. The highest BCUT2D eigenvalue weighted by Crippen LogP contribution is 2.09. The van der Waals surface area contributed by atoms with Crippen molar-refractivity contribution < 1.29 is 19.4 Å². The van der Waals surface area contributed by atoms with Crippen molar-refractivity contribution in [2.45, 2.75) is 26.0 Å². The summed E-state index contributed by atoms with van der Waals surface area (Å²) in [6.45, 7) is 4.51. The molecule has 16 heavy (non-hydrogen) atoms. The Bertz CT molecular complexity index is 270. The molecule has 1 rings (SSSR count). The van der Waals surface area contributed by atoms with E-state index in [4.69, 9.17) is 4.74 Å². The van der Waals surface area contributed by atoms with Gasteiger partial charge in [-0.25, -0.2) is 0 Å². The molecule has 0 radical (unpaired) electrons. The van der Waals surface area contributed by atoms with Crippen LogP contribution in [0.5, 0.6) is 0 Å². The van der Waals surface area contributed by atoms with E-state index < -0.39 is 6.10 Å². The van der Waals surface area contributed by atoms with Crippen LogP contribution in [0.25, 0.3) is 0 Å². The Labute approximate surface area is 94.6 Å². The number of rotatable bonds is 4. The van der Waals surface area contributed by atoms with Gasteiger partial charge in [0.25, 0.3) is 0 Å². The monoisotopic (exact) mass is 230 g/mol. The predicted octanol–water partition coefficient (Wildman–Crippen LogP) is -1.27. The van der Waals surface area contributed by atoms with E-state index in [1.807, 2.05) is 0 Å². The van der Waals surface area contributed by atoms with Crippen LogP contribution in [0.2, 0.25) is 0 Å². The van der Waals surface area contributed by atoms with Crippen LogP contribution in [0.3, 0.4) is 0 Å². The number of nitrogens with zero attached hydrogens (tertiary/aromatic N) is 1. The van der Waals surface area contributed by atoms with Crippen molar-refractivity contribution in [1.82, 2.24) is 10.2 Å². The smallest absolute Gasteiger partial charge is 0.320 e. The molecule has 0 unspecified atom stereocenters. The molecule has 92 valence electrons. The minimum absolute atomic E-state index is 0.154. The van der Waals surface area contributed by atoms with Gasteiger partial charge in [0.05, 0.1) is 25.3 Å². The summed E-state index contributed by atoms with van der Waals surface area (Å²) < 4.78 is 4.81. The summed E-state index contributed by atoms with van der Waals surface area (Å²) in [4.78, 5) is 23.8. The van der Waals surface area contributed by atoms with Gasteiger partial charge in [-0.2, -0.15) is 0 Å². The summed E-state index contributed by atoms with van der Waals surface area (Å²) in [5.41, 5.74) is 0. The summed E-state index contributed by atoms with van der Waals surface area (Å²) >= 11 is 0. The Kier molecular flexibility index (Phi) is 4.70. The zero-order valence-electron chi connectivity index (χ0n) is 9.60. The lowest BCUT2D eigenvalue weighted by molar-refractivity contribution is -0.144. The first kappa shape index (κ1) is 12.9. The van der Waals surface area contributed by atoms with Crippen molar-refractivity contribution in [3.63, 3.8) is 0 Å². The number of likely N-dealkylation sites (tertiary alicyclic amines) is 1. The van der Waals surface area contributed by atoms with Crippen LogP contribution in [0.15, 0.2) is 0 Å². The molecule has 1 fully saturated rings. The minimum atomic E-state index is -0.627. The number of amides is 1. The Morgan fingerprint density at radius 2 is 2.19 bits per heavy atom. The molecule has 1 aliphatic heterocycles. The molecule has 2 atom stereocenters. The lowest BCUT2D eigenvalue weighted by Crippen LogP contribution is -2.41. The van der Waals surface area contributed by atoms with Gasteiger partial charge in [0.15, 0.2) is 0 Å². The van der Waals surface area contributed by atoms with Gasteiger partial charge >= 0.3 is 5.97 Å². The largest absolute Gasteiger partial charge is 0.465 e. The number of nitrogens with one attached hydrogen (secondary N) is 1. The van der Waals surface area contributed by atoms with Gasteiger partial charge in [-0.05, 0) is 6.92 Å². The molecule has 0 aromatic carbocycles. The van der Waals surface area contributed by atoms with Crippen LogP contribution in [0.4, 0.5) is 0 Å². The SMILES string of the molecule is CCOC(=O)CN1C[C@H](NC(C)=O)[C@@H](O)C1. The predicted molar refractivity (Wildman–Crippen MR) is 56.7 cm³/mol. The second-order valence-corrected chi connectivity index (χ2v) is 3.87. The van der Waals surface area contributed by atoms with E-state index in [0.29, 0.717) is 19.7 Å². The molecule has 0 bridgehead atoms. The first-order valence-electron chi connectivity index (χ1n) is 5.36. The molecule has 0 saturated carbocycles. The normalized spacial score (nSPS) is 25.4. The van der Waals surface area contributed by atoms with Crippen molar-refractivity contribution in [1.29, 1.82) is 0 Å². The van der Waals surface area contributed by atoms with Crippen molar-refractivity contribution in [3.8, 4) is 0 Å². The van der Waals surface area contributed by atoms with Crippen LogP contribution in [0, 0.1) is 0 Å². The molecule has 6 heteroatoms. The molecule has 1 saturated heterocycles. The van der Waals surface area contributed by atoms with E-state index in [0.717, 1.165) is 0 Å². The van der Waals surface area contributed by atoms with Crippen LogP contribution >= 0.6 is 0 Å². The summed E-state index contributed by atoms with van der Waals surface area (Å²) in [6.07, 6.45) is -0.627. The van der Waals surface area contributed by atoms with Crippen LogP contribution < -0.4 is 5.32 Å². The fourth-order valence-corrected chi connectivity index (χ4v) is 1.79. The minimum Gasteiger partial charge on any atom is -0.465 e. The van der Waals surface area contributed by atoms with Gasteiger partial charge in [0.1, 0.15) is 0 Å². The summed E-state index contributed by atoms with van der Waals surface area (Å²) in [5, 5.41) is 12.3. The Balaban J connectivity index is 2.37. The molecule has 2 N–H and O–H groups in total. The number of hydrogen-bond acceptors (Lipinski definition) is 5. The van der Waals surface area contributed by atoms with Gasteiger partial charge in [-0.3, -0.25) is 14.5 Å². The Hall–Kier alpha value is -1.14. The maximum atomic E-state index is 11.2.